The highest BCUT2D eigenvalue weighted by Crippen LogP contribution is 2.29. The number of ketones is 1. The number of carbonyl (C=O) groups excluding carboxylic acids is 2. The summed E-state index contributed by atoms with van der Waals surface area (Å²) in [6.45, 7) is 0.971. The molecular formula is C25H20O7. The quantitative estimate of drug-likeness (QED) is 0.186. The summed E-state index contributed by atoms with van der Waals surface area (Å²) in [5.41, 5.74) is 0.919. The largest absolute Gasteiger partial charge is 0.493 e. The Morgan fingerprint density at radius 2 is 1.78 bits per heavy atom. The Labute approximate surface area is 183 Å². The third kappa shape index (κ3) is 4.32. The van der Waals surface area contributed by atoms with Crippen molar-refractivity contribution in [2.24, 2.45) is 0 Å². The molecule has 0 amide bonds. The second kappa shape index (κ2) is 8.93. The summed E-state index contributed by atoms with van der Waals surface area (Å²) in [5, 5.41) is 2.59. The van der Waals surface area contributed by atoms with Crippen LogP contribution in [0.4, 0.5) is 0 Å². The number of methoxy groups -OCH3 is 1. The number of fused-ring (bicyclic) bond motifs is 3. The van der Waals surface area contributed by atoms with Gasteiger partial charge in [-0.1, -0.05) is 30.3 Å². The van der Waals surface area contributed by atoms with Gasteiger partial charge in [-0.2, -0.15) is 0 Å². The molecule has 0 atom stereocenters. The van der Waals surface area contributed by atoms with Gasteiger partial charge in [0.25, 0.3) is 0 Å². The molecule has 4 aromatic rings. The van der Waals surface area contributed by atoms with Crippen molar-refractivity contribution in [3.8, 4) is 11.5 Å². The first kappa shape index (κ1) is 21.1. The van der Waals surface area contributed by atoms with Crippen LogP contribution in [0.1, 0.15) is 22.8 Å². The molecular weight excluding hydrogens is 412 g/mol. The number of ether oxygens (including phenoxy) is 3. The zero-order valence-electron chi connectivity index (χ0n) is 17.5. The fourth-order valence-electron chi connectivity index (χ4n) is 3.48. The van der Waals surface area contributed by atoms with Crippen LogP contribution in [0.3, 0.4) is 0 Å². The summed E-state index contributed by atoms with van der Waals surface area (Å²) in [5.74, 6) is -0.0828. The van der Waals surface area contributed by atoms with Gasteiger partial charge in [0.05, 0.1) is 7.11 Å². The molecule has 7 nitrogen and oxygen atoms in total. The summed E-state index contributed by atoms with van der Waals surface area (Å²) < 4.78 is 21.4. The van der Waals surface area contributed by atoms with Gasteiger partial charge >= 0.3 is 11.6 Å². The minimum Gasteiger partial charge on any atom is -0.493 e. The van der Waals surface area contributed by atoms with Gasteiger partial charge < -0.3 is 18.6 Å². The lowest BCUT2D eigenvalue weighted by atomic mass is 10.0. The lowest BCUT2D eigenvalue weighted by molar-refractivity contribution is -0.147. The molecule has 4 rings (SSSR count). The molecule has 32 heavy (non-hydrogen) atoms. The number of hydrogen-bond acceptors (Lipinski definition) is 7. The summed E-state index contributed by atoms with van der Waals surface area (Å²) in [4.78, 5) is 35.8. The highest BCUT2D eigenvalue weighted by Gasteiger charge is 2.14. The maximum atomic E-state index is 12.3. The molecule has 0 aliphatic carbocycles. The second-order valence-electron chi connectivity index (χ2n) is 7.12. The first-order valence-electron chi connectivity index (χ1n) is 9.88. The van der Waals surface area contributed by atoms with Crippen LogP contribution in [0.25, 0.3) is 21.7 Å². The Morgan fingerprint density at radius 3 is 2.56 bits per heavy atom. The normalized spacial score (nSPS) is 10.8. The number of hydrogen-bond donors (Lipinski definition) is 0. The predicted molar refractivity (Wildman–Crippen MR) is 118 cm³/mol. The van der Waals surface area contributed by atoms with Crippen LogP contribution in [0.5, 0.6) is 11.5 Å². The van der Waals surface area contributed by atoms with Gasteiger partial charge in [-0.25, -0.2) is 9.59 Å². The first-order valence-corrected chi connectivity index (χ1v) is 9.88. The molecule has 0 aliphatic heterocycles. The Morgan fingerprint density at radius 1 is 0.969 bits per heavy atom. The molecule has 3 aromatic carbocycles. The molecule has 162 valence electrons. The van der Waals surface area contributed by atoms with Gasteiger partial charge in [0.15, 0.2) is 23.9 Å². The lowest BCUT2D eigenvalue weighted by Gasteiger charge is -2.12. The van der Waals surface area contributed by atoms with E-state index in [0.717, 1.165) is 16.2 Å². The maximum Gasteiger partial charge on any atom is 0.344 e. The van der Waals surface area contributed by atoms with E-state index >= 15 is 0 Å². The minimum absolute atomic E-state index is 0.110. The minimum atomic E-state index is -0.621. The smallest absolute Gasteiger partial charge is 0.344 e. The van der Waals surface area contributed by atoms with E-state index in [2.05, 4.69) is 0 Å². The van der Waals surface area contributed by atoms with E-state index in [4.69, 9.17) is 18.6 Å². The fraction of sp³-hybridized carbons (Fsp3) is 0.160. The maximum absolute atomic E-state index is 12.3. The first-order chi connectivity index (χ1) is 15.5. The fourth-order valence-corrected chi connectivity index (χ4v) is 3.48. The van der Waals surface area contributed by atoms with Gasteiger partial charge in [0.1, 0.15) is 12.2 Å². The van der Waals surface area contributed by atoms with E-state index < -0.39 is 11.6 Å². The number of Topliss-reactive ketones (excluding diaryl/α,β-unsaturated/α-hetero) is 1. The molecule has 0 bridgehead atoms. The molecule has 1 aromatic heterocycles. The van der Waals surface area contributed by atoms with E-state index in [9.17, 15) is 14.4 Å². The Kier molecular flexibility index (Phi) is 5.89. The molecule has 0 fully saturated rings. The van der Waals surface area contributed by atoms with Crippen LogP contribution in [0.15, 0.2) is 69.9 Å². The Bertz CT molecular complexity index is 1380. The van der Waals surface area contributed by atoms with Crippen LogP contribution in [-0.4, -0.2) is 25.5 Å². The van der Waals surface area contributed by atoms with E-state index in [0.29, 0.717) is 28.2 Å². The number of carbonyl (C=O) groups is 2. The summed E-state index contributed by atoms with van der Waals surface area (Å²) in [6, 6.07) is 17.3. The average molecular weight is 432 g/mol. The molecule has 0 saturated heterocycles. The summed E-state index contributed by atoms with van der Waals surface area (Å²) >= 11 is 0. The van der Waals surface area contributed by atoms with Crippen LogP contribution in [0, 0.1) is 0 Å². The number of benzene rings is 3. The van der Waals surface area contributed by atoms with Crippen LogP contribution < -0.4 is 15.1 Å². The molecule has 0 saturated carbocycles. The lowest BCUT2D eigenvalue weighted by Crippen LogP contribution is -2.16. The van der Waals surface area contributed by atoms with Crippen LogP contribution in [-0.2, 0) is 16.1 Å². The molecule has 0 spiro atoms. The Hall–Kier alpha value is -4.13. The molecule has 1 heterocycles. The van der Waals surface area contributed by atoms with Gasteiger partial charge in [-0.3, -0.25) is 4.79 Å². The van der Waals surface area contributed by atoms with Crippen molar-refractivity contribution in [2.45, 2.75) is 13.5 Å². The number of esters is 1. The average Bonchev–Trinajstić information content (AvgIpc) is 2.80. The standard InChI is InChI=1S/C25H20O7/c1-15(26)17-8-9-20(22(11-17)29-2)30-14-24(28)31-13-18-12-23(27)32-21-10-7-16-5-3-4-6-19(16)25(18)21/h3-12H,13-14H2,1-2H3. The van der Waals surface area contributed by atoms with Crippen molar-refractivity contribution in [1.82, 2.24) is 0 Å². The predicted octanol–water partition coefficient (Wildman–Crippen LogP) is 4.28. The van der Waals surface area contributed by atoms with E-state index in [1.807, 2.05) is 30.3 Å². The van der Waals surface area contributed by atoms with Crippen molar-refractivity contribution in [2.75, 3.05) is 13.7 Å². The molecule has 0 N–H and O–H groups in total. The van der Waals surface area contributed by atoms with Gasteiger partial charge in [-0.15, -0.1) is 0 Å². The summed E-state index contributed by atoms with van der Waals surface area (Å²) in [7, 11) is 1.45. The third-order valence-electron chi connectivity index (χ3n) is 5.02. The van der Waals surface area contributed by atoms with Crippen LogP contribution >= 0.6 is 0 Å². The highest BCUT2D eigenvalue weighted by atomic mass is 16.6. The number of rotatable bonds is 7. The van der Waals surface area contributed by atoms with Crippen molar-refractivity contribution in [1.29, 1.82) is 0 Å². The van der Waals surface area contributed by atoms with Gasteiger partial charge in [0, 0.05) is 22.6 Å². The third-order valence-corrected chi connectivity index (χ3v) is 5.02. The van der Waals surface area contributed by atoms with E-state index in [1.165, 1.54) is 20.1 Å². The SMILES string of the molecule is COc1cc(C(C)=O)ccc1OCC(=O)OCc1cc(=O)oc2ccc3ccccc3c12. The second-order valence-corrected chi connectivity index (χ2v) is 7.12. The topological polar surface area (TPSA) is 92.0 Å². The monoisotopic (exact) mass is 432 g/mol. The van der Waals surface area contributed by atoms with Crippen molar-refractivity contribution < 1.29 is 28.2 Å². The highest BCUT2D eigenvalue weighted by molar-refractivity contribution is 6.07. The Balaban J connectivity index is 1.51. The van der Waals surface area contributed by atoms with Gasteiger partial charge in [-0.05, 0) is 42.0 Å². The molecule has 7 heteroatoms. The zero-order valence-corrected chi connectivity index (χ0v) is 17.5. The van der Waals surface area contributed by atoms with E-state index in [1.54, 1.807) is 24.3 Å². The molecule has 0 aliphatic rings. The van der Waals surface area contributed by atoms with Crippen molar-refractivity contribution >= 4 is 33.5 Å². The van der Waals surface area contributed by atoms with Crippen molar-refractivity contribution in [3.63, 3.8) is 0 Å². The van der Waals surface area contributed by atoms with Crippen molar-refractivity contribution in [3.05, 3.63) is 82.2 Å². The molecule has 0 radical (unpaired) electrons. The van der Waals surface area contributed by atoms with Gasteiger partial charge in [0.2, 0.25) is 0 Å². The van der Waals surface area contributed by atoms with Crippen LogP contribution in [0.2, 0.25) is 0 Å². The zero-order chi connectivity index (χ0) is 22.7. The molecule has 0 unspecified atom stereocenters. The summed E-state index contributed by atoms with van der Waals surface area (Å²) in [6.07, 6.45) is 0. The van der Waals surface area contributed by atoms with E-state index in [-0.39, 0.29) is 19.0 Å².